The zero-order valence-electron chi connectivity index (χ0n) is 13.4. The molecular weight excluding hydrogens is 252 g/mol. The summed E-state index contributed by atoms with van der Waals surface area (Å²) < 4.78 is 0. The van der Waals surface area contributed by atoms with E-state index in [1.165, 1.54) is 58.3 Å². The predicted octanol–water partition coefficient (Wildman–Crippen LogP) is 2.73. The lowest BCUT2D eigenvalue weighted by atomic mass is 10.1. The molecule has 1 amide bonds. The second-order valence-electron chi connectivity index (χ2n) is 5.74. The average Bonchev–Trinajstić information content (AvgIpc) is 2.43. The molecule has 0 aliphatic heterocycles. The number of nitrogens with one attached hydrogen (secondary N) is 1. The van der Waals surface area contributed by atoms with Gasteiger partial charge in [0, 0.05) is 6.54 Å². The number of hydrogen-bond acceptors (Lipinski definition) is 3. The smallest absolute Gasteiger partial charge is 0.239 e. The molecule has 0 radical (unpaired) electrons. The largest absolute Gasteiger partial charge is 0.391 e. The minimum atomic E-state index is -0.807. The zero-order valence-corrected chi connectivity index (χ0v) is 13.4. The van der Waals surface area contributed by atoms with Gasteiger partial charge in [-0.15, -0.1) is 0 Å². The molecule has 20 heavy (non-hydrogen) atoms. The van der Waals surface area contributed by atoms with Crippen molar-refractivity contribution in [2.75, 3.05) is 6.54 Å². The van der Waals surface area contributed by atoms with Crippen LogP contribution >= 0.6 is 0 Å². The number of carbonyl (C=O) groups excluding carboxylic acids is 1. The van der Waals surface area contributed by atoms with E-state index >= 15 is 0 Å². The first-order chi connectivity index (χ1) is 9.59. The van der Waals surface area contributed by atoms with Gasteiger partial charge in [0.25, 0.3) is 0 Å². The van der Waals surface area contributed by atoms with Gasteiger partial charge >= 0.3 is 0 Å². The molecular formula is C16H34N2O2. The lowest BCUT2D eigenvalue weighted by Gasteiger charge is -2.14. The molecule has 0 aromatic heterocycles. The molecule has 0 heterocycles. The quantitative estimate of drug-likeness (QED) is 0.456. The summed E-state index contributed by atoms with van der Waals surface area (Å²) in [5.41, 5.74) is 5.53. The Morgan fingerprint density at radius 2 is 1.45 bits per heavy atom. The lowest BCUT2D eigenvalue weighted by Crippen LogP contribution is -2.47. The maximum absolute atomic E-state index is 11.4. The highest BCUT2D eigenvalue weighted by molar-refractivity contribution is 5.81. The van der Waals surface area contributed by atoms with E-state index in [1.807, 2.05) is 0 Å². The summed E-state index contributed by atoms with van der Waals surface area (Å²) in [7, 11) is 0. The molecule has 120 valence electrons. The van der Waals surface area contributed by atoms with Gasteiger partial charge in [-0.05, 0) is 13.3 Å². The summed E-state index contributed by atoms with van der Waals surface area (Å²) in [4.78, 5) is 11.4. The molecule has 0 saturated heterocycles. The van der Waals surface area contributed by atoms with Crippen LogP contribution in [0.1, 0.15) is 78.1 Å². The van der Waals surface area contributed by atoms with Crippen LogP contribution in [0.2, 0.25) is 0 Å². The van der Waals surface area contributed by atoms with Crippen LogP contribution in [0.5, 0.6) is 0 Å². The molecule has 4 heteroatoms. The van der Waals surface area contributed by atoms with E-state index in [2.05, 4.69) is 12.2 Å². The molecule has 0 aliphatic rings. The Bertz CT molecular complexity index is 233. The van der Waals surface area contributed by atoms with Gasteiger partial charge in [0.2, 0.25) is 5.91 Å². The van der Waals surface area contributed by atoms with E-state index in [0.29, 0.717) is 6.54 Å². The van der Waals surface area contributed by atoms with Gasteiger partial charge in [-0.1, -0.05) is 64.7 Å². The highest BCUT2D eigenvalue weighted by Gasteiger charge is 2.17. The summed E-state index contributed by atoms with van der Waals surface area (Å²) in [6.07, 6.45) is 12.0. The number of nitrogens with two attached hydrogens (primary N) is 1. The van der Waals surface area contributed by atoms with E-state index in [1.54, 1.807) is 0 Å². The van der Waals surface area contributed by atoms with Crippen molar-refractivity contribution in [2.45, 2.75) is 90.2 Å². The first-order valence-electron chi connectivity index (χ1n) is 8.31. The Balaban J connectivity index is 3.23. The fourth-order valence-corrected chi connectivity index (χ4v) is 2.16. The maximum Gasteiger partial charge on any atom is 0.239 e. The van der Waals surface area contributed by atoms with Crippen LogP contribution in [0.4, 0.5) is 0 Å². The third-order valence-electron chi connectivity index (χ3n) is 3.65. The Kier molecular flexibility index (Phi) is 13.0. The van der Waals surface area contributed by atoms with Crippen LogP contribution in [-0.4, -0.2) is 29.7 Å². The van der Waals surface area contributed by atoms with Crippen LogP contribution in [-0.2, 0) is 4.79 Å². The van der Waals surface area contributed by atoms with Crippen molar-refractivity contribution in [1.82, 2.24) is 5.32 Å². The Morgan fingerprint density at radius 1 is 1.00 bits per heavy atom. The predicted molar refractivity (Wildman–Crippen MR) is 84.5 cm³/mol. The van der Waals surface area contributed by atoms with Gasteiger partial charge in [-0.3, -0.25) is 4.79 Å². The molecule has 0 saturated carbocycles. The van der Waals surface area contributed by atoms with E-state index in [0.717, 1.165) is 12.8 Å². The molecule has 0 spiro atoms. The first kappa shape index (κ1) is 19.4. The second-order valence-corrected chi connectivity index (χ2v) is 5.74. The maximum atomic E-state index is 11.4. The molecule has 0 rings (SSSR count). The van der Waals surface area contributed by atoms with Gasteiger partial charge in [0.15, 0.2) is 0 Å². The summed E-state index contributed by atoms with van der Waals surface area (Å²) >= 11 is 0. The standard InChI is InChI=1S/C16H34N2O2/c1-3-4-5-6-7-8-9-10-11-12-13-18-16(20)15(17)14(2)19/h14-15,19H,3-13,17H2,1-2H3,(H,18,20)/t14-,15-/m0/s1. The SMILES string of the molecule is CCCCCCCCCCCCNC(=O)[C@@H](N)[C@H](C)O. The van der Waals surface area contributed by atoms with Gasteiger partial charge in [-0.25, -0.2) is 0 Å². The Labute approximate surface area is 124 Å². The molecule has 4 N–H and O–H groups in total. The summed E-state index contributed by atoms with van der Waals surface area (Å²) in [6, 6.07) is -0.807. The fourth-order valence-electron chi connectivity index (χ4n) is 2.16. The normalized spacial score (nSPS) is 14.0. The van der Waals surface area contributed by atoms with Crippen LogP contribution < -0.4 is 11.1 Å². The highest BCUT2D eigenvalue weighted by Crippen LogP contribution is 2.10. The van der Waals surface area contributed by atoms with Gasteiger partial charge in [-0.2, -0.15) is 0 Å². The number of carbonyl (C=O) groups is 1. The van der Waals surface area contributed by atoms with Gasteiger partial charge in [0.1, 0.15) is 6.04 Å². The molecule has 0 aliphatic carbocycles. The van der Waals surface area contributed by atoms with Crippen molar-refractivity contribution in [3.05, 3.63) is 0 Å². The Hall–Kier alpha value is -0.610. The molecule has 0 fully saturated rings. The molecule has 0 aromatic carbocycles. The van der Waals surface area contributed by atoms with Crippen molar-refractivity contribution < 1.29 is 9.90 Å². The van der Waals surface area contributed by atoms with Crippen molar-refractivity contribution in [3.8, 4) is 0 Å². The monoisotopic (exact) mass is 286 g/mol. The third kappa shape index (κ3) is 11.2. The number of unbranched alkanes of at least 4 members (excludes halogenated alkanes) is 9. The second kappa shape index (κ2) is 13.4. The minimum absolute atomic E-state index is 0.254. The van der Waals surface area contributed by atoms with Crippen LogP contribution in [0, 0.1) is 0 Å². The number of rotatable bonds is 13. The molecule has 0 bridgehead atoms. The topological polar surface area (TPSA) is 75.4 Å². The fraction of sp³-hybridized carbons (Fsp3) is 0.938. The van der Waals surface area contributed by atoms with Crippen molar-refractivity contribution in [3.63, 3.8) is 0 Å². The first-order valence-corrected chi connectivity index (χ1v) is 8.31. The molecule has 0 unspecified atom stereocenters. The number of aliphatic hydroxyl groups is 1. The van der Waals surface area contributed by atoms with E-state index in [4.69, 9.17) is 5.73 Å². The number of hydrogen-bond donors (Lipinski definition) is 3. The van der Waals surface area contributed by atoms with E-state index in [-0.39, 0.29) is 5.91 Å². The van der Waals surface area contributed by atoms with Crippen LogP contribution in [0.15, 0.2) is 0 Å². The van der Waals surface area contributed by atoms with Gasteiger partial charge in [0.05, 0.1) is 6.10 Å². The summed E-state index contributed by atoms with van der Waals surface area (Å²) in [6.45, 7) is 4.44. The van der Waals surface area contributed by atoms with Crippen LogP contribution in [0.25, 0.3) is 0 Å². The molecule has 2 atom stereocenters. The number of amides is 1. The van der Waals surface area contributed by atoms with Gasteiger partial charge < -0.3 is 16.2 Å². The Morgan fingerprint density at radius 3 is 1.90 bits per heavy atom. The van der Waals surface area contributed by atoms with Crippen molar-refractivity contribution in [1.29, 1.82) is 0 Å². The highest BCUT2D eigenvalue weighted by atomic mass is 16.3. The van der Waals surface area contributed by atoms with E-state index in [9.17, 15) is 9.90 Å². The van der Waals surface area contributed by atoms with Crippen molar-refractivity contribution >= 4 is 5.91 Å². The van der Waals surface area contributed by atoms with Crippen LogP contribution in [0.3, 0.4) is 0 Å². The van der Waals surface area contributed by atoms with E-state index < -0.39 is 12.1 Å². The molecule has 0 aromatic rings. The zero-order chi connectivity index (χ0) is 15.2. The lowest BCUT2D eigenvalue weighted by molar-refractivity contribution is -0.124. The third-order valence-corrected chi connectivity index (χ3v) is 3.65. The number of aliphatic hydroxyl groups excluding tert-OH is 1. The summed E-state index contributed by atoms with van der Waals surface area (Å²) in [5, 5.41) is 11.9. The minimum Gasteiger partial charge on any atom is -0.391 e. The molecule has 4 nitrogen and oxygen atoms in total. The average molecular weight is 286 g/mol. The summed E-state index contributed by atoms with van der Waals surface area (Å²) in [5.74, 6) is -0.254. The van der Waals surface area contributed by atoms with Crippen molar-refractivity contribution in [2.24, 2.45) is 5.73 Å².